The number of fused-ring (bicyclic) bond motifs is 1. The van der Waals surface area contributed by atoms with Gasteiger partial charge in [-0.3, -0.25) is 0 Å². The molecule has 3 aromatic rings. The van der Waals surface area contributed by atoms with Crippen LogP contribution >= 0.6 is 0 Å². The van der Waals surface area contributed by atoms with Gasteiger partial charge in [-0.15, -0.1) is 0 Å². The fourth-order valence-corrected chi connectivity index (χ4v) is 1.40. The van der Waals surface area contributed by atoms with Gasteiger partial charge in [0.15, 0.2) is 5.58 Å². The highest BCUT2D eigenvalue weighted by Gasteiger charge is 2.07. The summed E-state index contributed by atoms with van der Waals surface area (Å²) in [5, 5.41) is 4.02. The second-order valence-corrected chi connectivity index (χ2v) is 3.18. The second kappa shape index (κ2) is 2.84. The van der Waals surface area contributed by atoms with Crippen LogP contribution in [0, 0.1) is 0 Å². The molecule has 74 valence electrons. The Hall–Kier alpha value is -2.30. The molecule has 0 atom stereocenters. The van der Waals surface area contributed by atoms with E-state index in [-0.39, 0.29) is 0 Å². The van der Waals surface area contributed by atoms with Crippen LogP contribution in [0.3, 0.4) is 0 Å². The van der Waals surface area contributed by atoms with Gasteiger partial charge in [-0.25, -0.2) is 0 Å². The summed E-state index contributed by atoms with van der Waals surface area (Å²) in [6.45, 7) is 0. The van der Waals surface area contributed by atoms with Crippen LogP contribution in [0.15, 0.2) is 41.1 Å². The summed E-state index contributed by atoms with van der Waals surface area (Å²) in [6.07, 6.45) is 3.21. The van der Waals surface area contributed by atoms with Crippen LogP contribution in [0.4, 0.5) is 5.69 Å². The normalized spacial score (nSPS) is 10.9. The van der Waals surface area contributed by atoms with Crippen molar-refractivity contribution < 1.29 is 4.42 Å². The number of nitrogen functional groups attached to an aromatic ring is 1. The molecule has 5 heteroatoms. The van der Waals surface area contributed by atoms with Crippen LogP contribution in [-0.2, 0) is 0 Å². The van der Waals surface area contributed by atoms with Gasteiger partial charge in [0.05, 0.1) is 18.1 Å². The van der Waals surface area contributed by atoms with E-state index in [0.717, 1.165) is 11.1 Å². The standard InChI is InChI=1S/C10H8N4O/c11-7-5-12-14(6-7)10-13-8-3-1-2-4-9(8)15-10/h1-6H,11H2. The molecule has 15 heavy (non-hydrogen) atoms. The number of hydrogen-bond donors (Lipinski definition) is 1. The number of anilines is 1. The largest absolute Gasteiger partial charge is 0.422 e. The lowest BCUT2D eigenvalue weighted by atomic mass is 10.3. The first-order valence-corrected chi connectivity index (χ1v) is 4.49. The lowest BCUT2D eigenvalue weighted by Crippen LogP contribution is -1.93. The number of nitrogens with two attached hydrogens (primary N) is 1. The monoisotopic (exact) mass is 200 g/mol. The molecule has 2 heterocycles. The number of rotatable bonds is 1. The van der Waals surface area contributed by atoms with E-state index in [1.54, 1.807) is 12.4 Å². The van der Waals surface area contributed by atoms with Crippen molar-refractivity contribution in [1.82, 2.24) is 14.8 Å². The Bertz CT molecular complexity index is 577. The SMILES string of the molecule is Nc1cnn(-c2nc3ccccc3o2)c1. The average Bonchev–Trinajstić information content (AvgIpc) is 2.82. The highest BCUT2D eigenvalue weighted by molar-refractivity contribution is 5.73. The number of para-hydroxylation sites is 2. The first-order valence-electron chi connectivity index (χ1n) is 4.49. The zero-order chi connectivity index (χ0) is 10.3. The zero-order valence-electron chi connectivity index (χ0n) is 7.79. The Morgan fingerprint density at radius 3 is 2.87 bits per heavy atom. The molecule has 0 aliphatic carbocycles. The Morgan fingerprint density at radius 2 is 2.13 bits per heavy atom. The van der Waals surface area contributed by atoms with Gasteiger partial charge in [0.25, 0.3) is 0 Å². The molecule has 0 fully saturated rings. The van der Waals surface area contributed by atoms with Crippen LogP contribution in [0.5, 0.6) is 0 Å². The molecule has 0 spiro atoms. The van der Waals surface area contributed by atoms with Crippen molar-refractivity contribution in [3.8, 4) is 6.01 Å². The molecule has 0 aliphatic heterocycles. The van der Waals surface area contributed by atoms with Crippen molar-refractivity contribution in [2.45, 2.75) is 0 Å². The van der Waals surface area contributed by atoms with Crippen LogP contribution in [0.25, 0.3) is 17.1 Å². The minimum Gasteiger partial charge on any atom is -0.422 e. The molecule has 0 saturated carbocycles. The van der Waals surface area contributed by atoms with Crippen molar-refractivity contribution in [3.63, 3.8) is 0 Å². The van der Waals surface area contributed by atoms with Crippen molar-refractivity contribution in [1.29, 1.82) is 0 Å². The maximum absolute atomic E-state index is 5.56. The Kier molecular flexibility index (Phi) is 1.53. The third kappa shape index (κ3) is 1.25. The van der Waals surface area contributed by atoms with E-state index in [1.807, 2.05) is 24.3 Å². The quantitative estimate of drug-likeness (QED) is 0.647. The molecule has 2 aromatic heterocycles. The van der Waals surface area contributed by atoms with Gasteiger partial charge in [0, 0.05) is 0 Å². The summed E-state index contributed by atoms with van der Waals surface area (Å²) in [5.74, 6) is 0. The number of nitrogens with zero attached hydrogens (tertiary/aromatic N) is 3. The molecule has 3 rings (SSSR count). The van der Waals surface area contributed by atoms with Gasteiger partial charge in [-0.2, -0.15) is 14.8 Å². The number of aromatic nitrogens is 3. The third-order valence-corrected chi connectivity index (χ3v) is 2.08. The molecule has 0 saturated heterocycles. The molecule has 0 radical (unpaired) electrons. The number of benzene rings is 1. The first kappa shape index (κ1) is 8.05. The summed E-state index contributed by atoms with van der Waals surface area (Å²) in [4.78, 5) is 4.27. The van der Waals surface area contributed by atoms with Crippen LogP contribution in [0.1, 0.15) is 0 Å². The molecule has 0 aliphatic rings. The maximum Gasteiger partial charge on any atom is 0.323 e. The van der Waals surface area contributed by atoms with Crippen molar-refractivity contribution in [3.05, 3.63) is 36.7 Å². The summed E-state index contributed by atoms with van der Waals surface area (Å²) in [6, 6.07) is 7.97. The van der Waals surface area contributed by atoms with Gasteiger partial charge in [-0.05, 0) is 12.1 Å². The van der Waals surface area contributed by atoms with Crippen LogP contribution in [0.2, 0.25) is 0 Å². The van der Waals surface area contributed by atoms with E-state index in [9.17, 15) is 0 Å². The van der Waals surface area contributed by atoms with Crippen molar-refractivity contribution in [2.75, 3.05) is 5.73 Å². The van der Waals surface area contributed by atoms with E-state index in [4.69, 9.17) is 10.2 Å². The predicted octanol–water partition coefficient (Wildman–Crippen LogP) is 1.60. The van der Waals surface area contributed by atoms with E-state index in [2.05, 4.69) is 10.1 Å². The second-order valence-electron chi connectivity index (χ2n) is 3.18. The minimum atomic E-state index is 0.424. The Morgan fingerprint density at radius 1 is 1.27 bits per heavy atom. The van der Waals surface area contributed by atoms with E-state index in [1.165, 1.54) is 4.68 Å². The summed E-state index contributed by atoms with van der Waals surface area (Å²) >= 11 is 0. The van der Waals surface area contributed by atoms with Gasteiger partial charge in [0.1, 0.15) is 5.52 Å². The van der Waals surface area contributed by atoms with Gasteiger partial charge >= 0.3 is 6.01 Å². The number of oxazole rings is 1. The van der Waals surface area contributed by atoms with Gasteiger partial charge < -0.3 is 10.2 Å². The zero-order valence-corrected chi connectivity index (χ0v) is 7.79. The van der Waals surface area contributed by atoms with Crippen molar-refractivity contribution >= 4 is 16.8 Å². The molecule has 1 aromatic carbocycles. The third-order valence-electron chi connectivity index (χ3n) is 2.08. The summed E-state index contributed by atoms with van der Waals surface area (Å²) < 4.78 is 7.01. The van der Waals surface area contributed by atoms with Crippen LogP contribution in [-0.4, -0.2) is 14.8 Å². The molecular weight excluding hydrogens is 192 g/mol. The lowest BCUT2D eigenvalue weighted by molar-refractivity contribution is 0.543. The summed E-state index contributed by atoms with van der Waals surface area (Å²) in [7, 11) is 0. The first-order chi connectivity index (χ1) is 7.33. The molecule has 0 unspecified atom stereocenters. The number of hydrogen-bond acceptors (Lipinski definition) is 4. The van der Waals surface area contributed by atoms with Crippen molar-refractivity contribution in [2.24, 2.45) is 0 Å². The highest BCUT2D eigenvalue weighted by Crippen LogP contribution is 2.17. The average molecular weight is 200 g/mol. The smallest absolute Gasteiger partial charge is 0.323 e. The highest BCUT2D eigenvalue weighted by atomic mass is 16.4. The molecule has 2 N–H and O–H groups in total. The van der Waals surface area contributed by atoms with Crippen LogP contribution < -0.4 is 5.73 Å². The van der Waals surface area contributed by atoms with Gasteiger partial charge in [-0.1, -0.05) is 12.1 Å². The van der Waals surface area contributed by atoms with E-state index >= 15 is 0 Å². The van der Waals surface area contributed by atoms with E-state index < -0.39 is 0 Å². The van der Waals surface area contributed by atoms with Gasteiger partial charge in [0.2, 0.25) is 0 Å². The van der Waals surface area contributed by atoms with E-state index in [0.29, 0.717) is 11.7 Å². The Balaban J connectivity index is 2.19. The fourth-order valence-electron chi connectivity index (χ4n) is 1.40. The molecule has 0 amide bonds. The molecule has 5 nitrogen and oxygen atoms in total. The maximum atomic E-state index is 5.56. The predicted molar refractivity (Wildman–Crippen MR) is 55.5 cm³/mol. The summed E-state index contributed by atoms with van der Waals surface area (Å²) in [5.41, 5.74) is 7.68. The topological polar surface area (TPSA) is 69.9 Å². The Labute approximate surface area is 85.1 Å². The molecular formula is C10H8N4O. The lowest BCUT2D eigenvalue weighted by Gasteiger charge is -1.89. The molecule has 0 bridgehead atoms. The minimum absolute atomic E-state index is 0.424. The fraction of sp³-hybridized carbons (Fsp3) is 0.